The number of aromatic nitrogens is 1. The molecule has 0 radical (unpaired) electrons. The predicted molar refractivity (Wildman–Crippen MR) is 138 cm³/mol. The number of benzene rings is 1. The third-order valence-electron chi connectivity index (χ3n) is 5.45. The maximum atomic E-state index is 6.26. The Kier molecular flexibility index (Phi) is 7.66. The zero-order valence-corrected chi connectivity index (χ0v) is 20.5. The molecule has 4 rings (SSSR count). The van der Waals surface area contributed by atoms with Crippen LogP contribution in [0, 0.1) is 0 Å². The minimum atomic E-state index is 0.294. The molecule has 1 aliphatic heterocycles. The van der Waals surface area contributed by atoms with Crippen LogP contribution in [-0.2, 0) is 18.4 Å². The quantitative estimate of drug-likeness (QED) is 0.285. The molecule has 32 heavy (non-hydrogen) atoms. The number of hydrogen-bond donors (Lipinski definition) is 1. The molecular formula is C26H30N3OS2+. The second-order valence-electron chi connectivity index (χ2n) is 7.88. The van der Waals surface area contributed by atoms with E-state index >= 15 is 0 Å². The maximum absolute atomic E-state index is 6.26. The van der Waals surface area contributed by atoms with Gasteiger partial charge in [-0.25, -0.2) is 9.88 Å². The molecule has 0 fully saturated rings. The van der Waals surface area contributed by atoms with Gasteiger partial charge in [-0.1, -0.05) is 18.2 Å². The van der Waals surface area contributed by atoms with E-state index in [2.05, 4.69) is 95.8 Å². The van der Waals surface area contributed by atoms with Crippen molar-refractivity contribution < 1.29 is 9.30 Å². The van der Waals surface area contributed by atoms with Crippen molar-refractivity contribution in [3.8, 4) is 0 Å². The summed E-state index contributed by atoms with van der Waals surface area (Å²) in [5.41, 5.74) is 3.62. The Labute approximate surface area is 199 Å². The highest BCUT2D eigenvalue weighted by molar-refractivity contribution is 7.98. The molecular weight excluding hydrogens is 434 g/mol. The van der Waals surface area contributed by atoms with Crippen LogP contribution in [0.3, 0.4) is 0 Å². The summed E-state index contributed by atoms with van der Waals surface area (Å²) in [6.45, 7) is 2.71. The first-order valence-corrected chi connectivity index (χ1v) is 13.0. The van der Waals surface area contributed by atoms with Gasteiger partial charge in [-0.15, -0.1) is 11.8 Å². The Hall–Kier alpha value is -2.57. The molecule has 0 spiro atoms. The van der Waals surface area contributed by atoms with Gasteiger partial charge in [0.15, 0.2) is 0 Å². The molecule has 0 saturated heterocycles. The van der Waals surface area contributed by atoms with E-state index in [1.165, 1.54) is 21.0 Å². The van der Waals surface area contributed by atoms with Crippen LogP contribution in [0.5, 0.6) is 0 Å². The number of hydrogen-bond acceptors (Lipinski definition) is 5. The Morgan fingerprint density at radius 1 is 1.19 bits per heavy atom. The molecule has 0 saturated carbocycles. The van der Waals surface area contributed by atoms with Gasteiger partial charge in [0.1, 0.15) is 23.7 Å². The standard InChI is InChI=1S/C26H29N3OS2/c1-19-17-20(15-16-27-19)25-24(18-30-22-9-7-5-4-6-8-10-22)32-26(29(25)2)28-21-11-13-23(31-3)14-12-21/h4-5,8-16,19H,6-7,17-18H2,1-3H3/p+1/b5-4-,10-8-,22-9+. The highest BCUT2D eigenvalue weighted by Gasteiger charge is 2.26. The van der Waals surface area contributed by atoms with Gasteiger partial charge >= 0.3 is 5.13 Å². The number of ether oxygens (including phenoxy) is 1. The third-order valence-corrected chi connectivity index (χ3v) is 7.32. The highest BCUT2D eigenvalue weighted by Crippen LogP contribution is 2.33. The summed E-state index contributed by atoms with van der Waals surface area (Å²) in [5, 5.41) is 4.70. The predicted octanol–water partition coefficient (Wildman–Crippen LogP) is 6.59. The summed E-state index contributed by atoms with van der Waals surface area (Å²) in [6, 6.07) is 8.85. The summed E-state index contributed by atoms with van der Waals surface area (Å²) in [6.07, 6.45) is 19.7. The molecule has 0 amide bonds. The molecule has 2 heterocycles. The minimum Gasteiger partial charge on any atom is -0.488 e. The molecule has 1 aromatic heterocycles. The number of rotatable bonds is 7. The van der Waals surface area contributed by atoms with E-state index in [0.29, 0.717) is 12.6 Å². The van der Waals surface area contributed by atoms with Gasteiger partial charge in [0.2, 0.25) is 0 Å². The van der Waals surface area contributed by atoms with E-state index in [1.807, 2.05) is 6.21 Å². The van der Waals surface area contributed by atoms with E-state index in [-0.39, 0.29) is 0 Å². The van der Waals surface area contributed by atoms with E-state index in [0.717, 1.165) is 35.8 Å². The van der Waals surface area contributed by atoms with E-state index in [4.69, 9.17) is 4.74 Å². The van der Waals surface area contributed by atoms with Crippen LogP contribution in [0.1, 0.15) is 36.8 Å². The van der Waals surface area contributed by atoms with Crippen molar-refractivity contribution in [1.82, 2.24) is 0 Å². The number of nitrogens with zero attached hydrogens (tertiary/aromatic N) is 2. The maximum Gasteiger partial charge on any atom is 0.339 e. The van der Waals surface area contributed by atoms with Gasteiger partial charge in [0.05, 0.1) is 18.0 Å². The van der Waals surface area contributed by atoms with Gasteiger partial charge in [-0.2, -0.15) is 0 Å². The van der Waals surface area contributed by atoms with E-state index < -0.39 is 0 Å². The van der Waals surface area contributed by atoms with Crippen molar-refractivity contribution in [3.63, 3.8) is 0 Å². The molecule has 2 aromatic rings. The zero-order chi connectivity index (χ0) is 22.3. The molecule has 1 unspecified atom stereocenters. The second-order valence-corrected chi connectivity index (χ2v) is 9.84. The van der Waals surface area contributed by atoms with Crippen LogP contribution < -0.4 is 9.88 Å². The third kappa shape index (κ3) is 5.61. The first-order valence-electron chi connectivity index (χ1n) is 10.9. The van der Waals surface area contributed by atoms with Crippen molar-refractivity contribution in [1.29, 1.82) is 0 Å². The summed E-state index contributed by atoms with van der Waals surface area (Å²) in [5.74, 6) is 0.936. The van der Waals surface area contributed by atoms with Gasteiger partial charge < -0.3 is 4.74 Å². The SMILES string of the molecule is CSc1ccc(Nc2sc(COC3=C/C/C=C\C/C=C\3)c(C3=CC=NC(C)C3)[n+]2C)cc1. The van der Waals surface area contributed by atoms with Gasteiger partial charge in [-0.3, -0.25) is 4.99 Å². The normalized spacial score (nSPS) is 21.7. The van der Waals surface area contributed by atoms with Crippen LogP contribution in [-0.4, -0.2) is 18.5 Å². The molecule has 166 valence electrons. The topological polar surface area (TPSA) is 37.5 Å². The number of allylic oxidation sites excluding steroid dienone is 6. The summed E-state index contributed by atoms with van der Waals surface area (Å²) >= 11 is 3.51. The number of nitrogens with one attached hydrogen (secondary N) is 1. The minimum absolute atomic E-state index is 0.294. The Bertz CT molecular complexity index is 1090. The zero-order valence-electron chi connectivity index (χ0n) is 18.9. The van der Waals surface area contributed by atoms with Crippen LogP contribution in [0.2, 0.25) is 0 Å². The number of aliphatic imine (C=N–C) groups is 1. The average Bonchev–Trinajstić information content (AvgIpc) is 3.08. The van der Waals surface area contributed by atoms with E-state index in [9.17, 15) is 0 Å². The number of thioether (sulfide) groups is 1. The average molecular weight is 465 g/mol. The fraction of sp³-hybridized carbons (Fsp3) is 0.308. The fourth-order valence-corrected chi connectivity index (χ4v) is 5.30. The van der Waals surface area contributed by atoms with Crippen molar-refractivity contribution in [2.75, 3.05) is 11.6 Å². The monoisotopic (exact) mass is 464 g/mol. The van der Waals surface area contributed by atoms with E-state index in [1.54, 1.807) is 23.1 Å². The lowest BCUT2D eigenvalue weighted by Gasteiger charge is -2.14. The first-order chi connectivity index (χ1) is 15.6. The smallest absolute Gasteiger partial charge is 0.339 e. The molecule has 1 aliphatic carbocycles. The van der Waals surface area contributed by atoms with Crippen LogP contribution in [0.15, 0.2) is 76.4 Å². The lowest BCUT2D eigenvalue weighted by Crippen LogP contribution is -2.34. The fourth-order valence-electron chi connectivity index (χ4n) is 3.78. The lowest BCUT2D eigenvalue weighted by molar-refractivity contribution is -0.655. The first kappa shape index (κ1) is 22.6. The van der Waals surface area contributed by atoms with Crippen LogP contribution in [0.4, 0.5) is 10.8 Å². The van der Waals surface area contributed by atoms with Crippen molar-refractivity contribution in [3.05, 3.63) is 77.1 Å². The van der Waals surface area contributed by atoms with Gasteiger partial charge in [-0.05, 0) is 86.3 Å². The van der Waals surface area contributed by atoms with Crippen LogP contribution in [0.25, 0.3) is 5.57 Å². The molecule has 0 bridgehead atoms. The molecule has 4 nitrogen and oxygen atoms in total. The molecule has 1 aromatic carbocycles. The molecule has 1 N–H and O–H groups in total. The van der Waals surface area contributed by atoms with Crippen molar-refractivity contribution in [2.24, 2.45) is 12.0 Å². The molecule has 2 aliphatic rings. The number of anilines is 2. The molecule has 6 heteroatoms. The second kappa shape index (κ2) is 10.8. The molecule has 1 atom stereocenters. The van der Waals surface area contributed by atoms with Crippen molar-refractivity contribution in [2.45, 2.75) is 43.7 Å². The highest BCUT2D eigenvalue weighted by atomic mass is 32.2. The van der Waals surface area contributed by atoms with Crippen molar-refractivity contribution >= 4 is 45.7 Å². The summed E-state index contributed by atoms with van der Waals surface area (Å²) < 4.78 is 8.52. The summed E-state index contributed by atoms with van der Waals surface area (Å²) in [7, 11) is 2.13. The lowest BCUT2D eigenvalue weighted by atomic mass is 10.0. The largest absolute Gasteiger partial charge is 0.488 e. The Balaban J connectivity index is 1.62. The van der Waals surface area contributed by atoms with Crippen LogP contribution >= 0.6 is 23.1 Å². The number of dihydropyridines is 1. The number of thiazole rings is 1. The Morgan fingerprint density at radius 2 is 2.00 bits per heavy atom. The van der Waals surface area contributed by atoms with Gasteiger partial charge in [0, 0.05) is 16.7 Å². The summed E-state index contributed by atoms with van der Waals surface area (Å²) in [4.78, 5) is 6.99. The Morgan fingerprint density at radius 3 is 2.78 bits per heavy atom. The van der Waals surface area contributed by atoms with Gasteiger partial charge in [0.25, 0.3) is 0 Å².